The molecule has 0 atom stereocenters. The van der Waals surface area contributed by atoms with Gasteiger partial charge in [-0.05, 0) is 89.5 Å². The summed E-state index contributed by atoms with van der Waals surface area (Å²) in [6.45, 7) is 6.95. The SMILES string of the molecule is CCc1ccc(CCc2ccc(-c3ccc(CCCO)cc3CC)c(CC)c2)cc1. The molecule has 0 aliphatic rings. The van der Waals surface area contributed by atoms with Gasteiger partial charge in [0.1, 0.15) is 0 Å². The first-order valence-electron chi connectivity index (χ1n) is 11.6. The quantitative estimate of drug-likeness (QED) is 0.399. The summed E-state index contributed by atoms with van der Waals surface area (Å²) in [6, 6.07) is 23.0. The lowest BCUT2D eigenvalue weighted by Gasteiger charge is -2.15. The highest BCUT2D eigenvalue weighted by Crippen LogP contribution is 2.30. The van der Waals surface area contributed by atoms with Crippen molar-refractivity contribution in [2.24, 2.45) is 0 Å². The van der Waals surface area contributed by atoms with Gasteiger partial charge in [-0.1, -0.05) is 81.4 Å². The Labute approximate surface area is 182 Å². The zero-order valence-corrected chi connectivity index (χ0v) is 18.9. The monoisotopic (exact) mass is 400 g/mol. The molecule has 0 fully saturated rings. The maximum absolute atomic E-state index is 9.12. The second-order valence-corrected chi connectivity index (χ2v) is 8.19. The summed E-state index contributed by atoms with van der Waals surface area (Å²) in [5.74, 6) is 0. The van der Waals surface area contributed by atoms with Gasteiger partial charge in [-0.3, -0.25) is 0 Å². The van der Waals surface area contributed by atoms with E-state index in [-0.39, 0.29) is 6.61 Å². The summed E-state index contributed by atoms with van der Waals surface area (Å²) in [4.78, 5) is 0. The molecule has 158 valence electrons. The lowest BCUT2D eigenvalue weighted by atomic mass is 9.89. The van der Waals surface area contributed by atoms with Crippen LogP contribution in [0.5, 0.6) is 0 Å². The van der Waals surface area contributed by atoms with Crippen LogP contribution in [0.2, 0.25) is 0 Å². The van der Waals surface area contributed by atoms with E-state index in [1.165, 1.54) is 44.5 Å². The van der Waals surface area contributed by atoms with E-state index in [0.29, 0.717) is 0 Å². The fourth-order valence-electron chi connectivity index (χ4n) is 4.23. The van der Waals surface area contributed by atoms with E-state index in [0.717, 1.165) is 44.9 Å². The Morgan fingerprint density at radius 2 is 1.00 bits per heavy atom. The predicted octanol–water partition coefficient (Wildman–Crippen LogP) is 6.75. The van der Waals surface area contributed by atoms with E-state index < -0.39 is 0 Å². The number of aryl methyl sites for hydroxylation is 6. The largest absolute Gasteiger partial charge is 0.396 e. The van der Waals surface area contributed by atoms with Crippen molar-refractivity contribution in [1.29, 1.82) is 0 Å². The van der Waals surface area contributed by atoms with Gasteiger partial charge < -0.3 is 5.11 Å². The van der Waals surface area contributed by atoms with Gasteiger partial charge in [0.15, 0.2) is 0 Å². The van der Waals surface area contributed by atoms with Crippen LogP contribution in [0.15, 0.2) is 60.7 Å². The van der Waals surface area contributed by atoms with Gasteiger partial charge in [-0.15, -0.1) is 0 Å². The molecule has 3 aromatic rings. The average Bonchev–Trinajstić information content (AvgIpc) is 2.81. The van der Waals surface area contributed by atoms with E-state index in [2.05, 4.69) is 81.4 Å². The number of hydrogen-bond donors (Lipinski definition) is 1. The minimum atomic E-state index is 0.257. The van der Waals surface area contributed by atoms with E-state index in [1.807, 2.05) is 0 Å². The minimum Gasteiger partial charge on any atom is -0.396 e. The number of aliphatic hydroxyl groups excluding tert-OH is 1. The van der Waals surface area contributed by atoms with Crippen LogP contribution in [0, 0.1) is 0 Å². The van der Waals surface area contributed by atoms with Crippen molar-refractivity contribution in [3.63, 3.8) is 0 Å². The average molecular weight is 401 g/mol. The maximum Gasteiger partial charge on any atom is 0.0434 e. The normalized spacial score (nSPS) is 11.1. The van der Waals surface area contributed by atoms with Gasteiger partial charge in [0, 0.05) is 6.61 Å². The second kappa shape index (κ2) is 11.1. The molecule has 1 heteroatoms. The molecule has 0 aliphatic carbocycles. The first-order valence-corrected chi connectivity index (χ1v) is 11.6. The molecule has 3 aromatic carbocycles. The summed E-state index contributed by atoms with van der Waals surface area (Å²) in [6.07, 6.45) is 7.13. The highest BCUT2D eigenvalue weighted by molar-refractivity contribution is 5.71. The lowest BCUT2D eigenvalue weighted by Crippen LogP contribution is -1.98. The summed E-state index contributed by atoms with van der Waals surface area (Å²) in [5, 5.41) is 9.12. The van der Waals surface area contributed by atoms with Crippen LogP contribution in [0.3, 0.4) is 0 Å². The van der Waals surface area contributed by atoms with E-state index in [9.17, 15) is 0 Å². The molecular weight excluding hydrogens is 364 g/mol. The van der Waals surface area contributed by atoms with Gasteiger partial charge in [-0.2, -0.15) is 0 Å². The Balaban J connectivity index is 1.79. The summed E-state index contributed by atoms with van der Waals surface area (Å²) < 4.78 is 0. The standard InChI is InChI=1S/C29H36O/c1-4-22-9-11-23(12-10-22)13-14-25-16-18-29(27(6-3)21-25)28-17-15-24(8-7-19-30)20-26(28)5-2/h9-12,15-18,20-21,30H,4-8,13-14,19H2,1-3H3. The molecule has 30 heavy (non-hydrogen) atoms. The van der Waals surface area contributed by atoms with Gasteiger partial charge in [0.2, 0.25) is 0 Å². The van der Waals surface area contributed by atoms with Gasteiger partial charge in [0.25, 0.3) is 0 Å². The van der Waals surface area contributed by atoms with Crippen LogP contribution in [0.4, 0.5) is 0 Å². The molecule has 0 amide bonds. The first-order chi connectivity index (χ1) is 14.7. The molecule has 0 aromatic heterocycles. The highest BCUT2D eigenvalue weighted by atomic mass is 16.2. The molecule has 0 aliphatic heterocycles. The molecule has 1 N–H and O–H groups in total. The maximum atomic E-state index is 9.12. The third-order valence-corrected chi connectivity index (χ3v) is 6.15. The highest BCUT2D eigenvalue weighted by Gasteiger charge is 2.10. The van der Waals surface area contributed by atoms with E-state index in [4.69, 9.17) is 5.11 Å². The predicted molar refractivity (Wildman–Crippen MR) is 129 cm³/mol. The zero-order chi connectivity index (χ0) is 21.3. The van der Waals surface area contributed by atoms with Crippen LogP contribution in [-0.2, 0) is 38.5 Å². The van der Waals surface area contributed by atoms with Crippen molar-refractivity contribution in [3.05, 3.63) is 94.0 Å². The third-order valence-electron chi connectivity index (χ3n) is 6.15. The molecule has 0 unspecified atom stereocenters. The van der Waals surface area contributed by atoms with Crippen molar-refractivity contribution >= 4 is 0 Å². The Hall–Kier alpha value is -2.38. The van der Waals surface area contributed by atoms with Gasteiger partial charge in [-0.25, -0.2) is 0 Å². The fraction of sp³-hybridized carbons (Fsp3) is 0.379. The molecule has 1 nitrogen and oxygen atoms in total. The molecule has 3 rings (SSSR count). The van der Waals surface area contributed by atoms with Crippen molar-refractivity contribution < 1.29 is 5.11 Å². The van der Waals surface area contributed by atoms with Crippen molar-refractivity contribution in [2.75, 3.05) is 6.61 Å². The molecular formula is C29H36O. The molecule has 0 saturated carbocycles. The number of hydrogen-bond acceptors (Lipinski definition) is 1. The smallest absolute Gasteiger partial charge is 0.0434 e. The molecule has 0 spiro atoms. The minimum absolute atomic E-state index is 0.257. The van der Waals surface area contributed by atoms with E-state index >= 15 is 0 Å². The number of rotatable bonds is 10. The lowest BCUT2D eigenvalue weighted by molar-refractivity contribution is 0.288. The van der Waals surface area contributed by atoms with Crippen LogP contribution in [0.1, 0.15) is 60.6 Å². The molecule has 0 bridgehead atoms. The fourth-order valence-corrected chi connectivity index (χ4v) is 4.23. The molecule has 0 saturated heterocycles. The Morgan fingerprint density at radius 1 is 0.533 bits per heavy atom. The number of aliphatic hydroxyl groups is 1. The van der Waals surface area contributed by atoms with Crippen LogP contribution < -0.4 is 0 Å². The third kappa shape index (κ3) is 5.61. The van der Waals surface area contributed by atoms with Crippen molar-refractivity contribution in [1.82, 2.24) is 0 Å². The van der Waals surface area contributed by atoms with Crippen molar-refractivity contribution in [3.8, 4) is 11.1 Å². The molecule has 0 radical (unpaired) electrons. The van der Waals surface area contributed by atoms with Crippen molar-refractivity contribution in [2.45, 2.75) is 65.7 Å². The summed E-state index contributed by atoms with van der Waals surface area (Å²) >= 11 is 0. The Kier molecular flexibility index (Phi) is 8.28. The van der Waals surface area contributed by atoms with Crippen LogP contribution in [0.25, 0.3) is 11.1 Å². The summed E-state index contributed by atoms with van der Waals surface area (Å²) in [5.41, 5.74) is 11.2. The van der Waals surface area contributed by atoms with E-state index in [1.54, 1.807) is 0 Å². The Bertz CT molecular complexity index is 937. The zero-order valence-electron chi connectivity index (χ0n) is 18.9. The van der Waals surface area contributed by atoms with Gasteiger partial charge >= 0.3 is 0 Å². The van der Waals surface area contributed by atoms with Crippen LogP contribution >= 0.6 is 0 Å². The Morgan fingerprint density at radius 3 is 1.50 bits per heavy atom. The first kappa shape index (κ1) is 22.3. The van der Waals surface area contributed by atoms with Gasteiger partial charge in [0.05, 0.1) is 0 Å². The number of benzene rings is 3. The molecule has 0 heterocycles. The topological polar surface area (TPSA) is 20.2 Å². The van der Waals surface area contributed by atoms with Crippen LogP contribution in [-0.4, -0.2) is 11.7 Å². The second-order valence-electron chi connectivity index (χ2n) is 8.19. The summed E-state index contributed by atoms with van der Waals surface area (Å²) in [7, 11) is 0.